The Morgan fingerprint density at radius 3 is 2.39 bits per heavy atom. The Kier molecular flexibility index (Phi) is 2.68. The second-order valence-electron chi connectivity index (χ2n) is 8.60. The first-order chi connectivity index (χ1) is 8.25. The summed E-state index contributed by atoms with van der Waals surface area (Å²) in [4.78, 5) is 2.82. The van der Waals surface area contributed by atoms with Crippen molar-refractivity contribution in [2.45, 2.75) is 65.5 Å². The zero-order chi connectivity index (χ0) is 13.2. The summed E-state index contributed by atoms with van der Waals surface area (Å²) in [5.41, 5.74) is 1.38. The Balaban J connectivity index is 1.87. The molecule has 3 atom stereocenters. The summed E-state index contributed by atoms with van der Waals surface area (Å²) in [6, 6.07) is 0.796. The Labute approximate surface area is 113 Å². The van der Waals surface area contributed by atoms with E-state index in [1.54, 1.807) is 0 Å². The molecule has 3 rings (SSSR count). The molecule has 18 heavy (non-hydrogen) atoms. The first kappa shape index (κ1) is 12.9. The van der Waals surface area contributed by atoms with Crippen molar-refractivity contribution in [3.8, 4) is 0 Å². The smallest absolute Gasteiger partial charge is 0.0252 e. The molecule has 0 aromatic carbocycles. The molecule has 2 heteroatoms. The molecule has 0 spiro atoms. The molecule has 0 aromatic rings. The number of hydrogen-bond acceptors (Lipinski definition) is 2. The van der Waals surface area contributed by atoms with E-state index in [2.05, 4.69) is 44.8 Å². The topological polar surface area (TPSA) is 15.3 Å². The van der Waals surface area contributed by atoms with Crippen molar-refractivity contribution in [2.24, 2.45) is 16.7 Å². The average Bonchev–Trinajstić information content (AvgIpc) is 2.67. The lowest BCUT2D eigenvalue weighted by molar-refractivity contribution is -0.0218. The van der Waals surface area contributed by atoms with Crippen molar-refractivity contribution >= 4 is 0 Å². The van der Waals surface area contributed by atoms with Gasteiger partial charge in [0, 0.05) is 31.2 Å². The zero-order valence-electron chi connectivity index (χ0n) is 12.8. The molecule has 1 aliphatic heterocycles. The van der Waals surface area contributed by atoms with E-state index in [0.29, 0.717) is 10.8 Å². The van der Waals surface area contributed by atoms with Crippen LogP contribution >= 0.6 is 0 Å². The lowest BCUT2D eigenvalue weighted by Gasteiger charge is -2.53. The van der Waals surface area contributed by atoms with Gasteiger partial charge in [-0.05, 0) is 49.9 Å². The van der Waals surface area contributed by atoms with E-state index in [1.165, 1.54) is 32.4 Å². The van der Waals surface area contributed by atoms with E-state index < -0.39 is 0 Å². The van der Waals surface area contributed by atoms with Crippen LogP contribution in [0.25, 0.3) is 0 Å². The van der Waals surface area contributed by atoms with Gasteiger partial charge in [0.15, 0.2) is 0 Å². The van der Waals surface area contributed by atoms with Crippen LogP contribution in [0.2, 0.25) is 0 Å². The molecule has 3 unspecified atom stereocenters. The maximum Gasteiger partial charge on any atom is 0.0252 e. The first-order valence-corrected chi connectivity index (χ1v) is 7.74. The lowest BCUT2D eigenvalue weighted by Crippen LogP contribution is -2.64. The Bertz CT molecular complexity index is 342. The van der Waals surface area contributed by atoms with Gasteiger partial charge in [-0.3, -0.25) is 4.90 Å². The largest absolute Gasteiger partial charge is 0.309 e. The van der Waals surface area contributed by atoms with E-state index in [1.807, 2.05) is 0 Å². The van der Waals surface area contributed by atoms with Gasteiger partial charge in [0.25, 0.3) is 0 Å². The second kappa shape index (κ2) is 3.73. The van der Waals surface area contributed by atoms with E-state index >= 15 is 0 Å². The standard InChI is InChI=1S/C16H30N2/c1-14(2)11-18(9-8-17-14)13-15(3,4)12-6-7-16(13,5)10-12/h12-13,17H,6-11H2,1-5H3. The molecule has 3 fully saturated rings. The average molecular weight is 250 g/mol. The zero-order valence-corrected chi connectivity index (χ0v) is 12.8. The van der Waals surface area contributed by atoms with E-state index in [0.717, 1.165) is 18.5 Å². The fraction of sp³-hybridized carbons (Fsp3) is 1.00. The summed E-state index contributed by atoms with van der Waals surface area (Å²) >= 11 is 0. The van der Waals surface area contributed by atoms with Gasteiger partial charge in [-0.25, -0.2) is 0 Å². The van der Waals surface area contributed by atoms with Gasteiger partial charge in [-0.1, -0.05) is 20.8 Å². The molecular weight excluding hydrogens is 220 g/mol. The van der Waals surface area contributed by atoms with Crippen LogP contribution in [0, 0.1) is 16.7 Å². The summed E-state index contributed by atoms with van der Waals surface area (Å²) in [6.07, 6.45) is 4.39. The Hall–Kier alpha value is -0.0800. The highest BCUT2D eigenvalue weighted by atomic mass is 15.3. The summed E-state index contributed by atoms with van der Waals surface area (Å²) in [5.74, 6) is 0.963. The van der Waals surface area contributed by atoms with E-state index in [-0.39, 0.29) is 5.54 Å². The minimum absolute atomic E-state index is 0.284. The molecule has 0 amide bonds. The quantitative estimate of drug-likeness (QED) is 0.770. The van der Waals surface area contributed by atoms with Crippen LogP contribution in [-0.4, -0.2) is 36.1 Å². The third-order valence-electron chi connectivity index (χ3n) is 6.16. The number of piperazine rings is 1. The molecule has 1 saturated heterocycles. The Morgan fingerprint density at radius 2 is 1.83 bits per heavy atom. The molecule has 2 nitrogen and oxygen atoms in total. The molecule has 2 aliphatic carbocycles. The Morgan fingerprint density at radius 1 is 1.11 bits per heavy atom. The van der Waals surface area contributed by atoms with Crippen LogP contribution in [-0.2, 0) is 0 Å². The van der Waals surface area contributed by atoms with Crippen LogP contribution in [0.15, 0.2) is 0 Å². The predicted octanol–water partition coefficient (Wildman–Crippen LogP) is 2.89. The molecule has 0 aromatic heterocycles. The minimum Gasteiger partial charge on any atom is -0.309 e. The highest BCUT2D eigenvalue weighted by Crippen LogP contribution is 2.64. The maximum absolute atomic E-state index is 3.65. The first-order valence-electron chi connectivity index (χ1n) is 7.74. The molecule has 1 heterocycles. The van der Waals surface area contributed by atoms with Gasteiger partial charge in [-0.2, -0.15) is 0 Å². The summed E-state index contributed by atoms with van der Waals surface area (Å²) < 4.78 is 0. The second-order valence-corrected chi connectivity index (χ2v) is 8.60. The number of hydrogen-bond donors (Lipinski definition) is 1. The normalized spacial score (nSPS) is 46.5. The number of nitrogens with one attached hydrogen (secondary N) is 1. The molecule has 2 bridgehead atoms. The molecular formula is C16H30N2. The number of fused-ring (bicyclic) bond motifs is 2. The highest BCUT2D eigenvalue weighted by molar-refractivity contribution is 5.13. The van der Waals surface area contributed by atoms with Crippen molar-refractivity contribution in [2.75, 3.05) is 19.6 Å². The molecule has 2 saturated carbocycles. The van der Waals surface area contributed by atoms with Crippen LogP contribution < -0.4 is 5.32 Å². The molecule has 1 N–H and O–H groups in total. The van der Waals surface area contributed by atoms with E-state index in [4.69, 9.17) is 0 Å². The third kappa shape index (κ3) is 1.76. The molecule has 104 valence electrons. The van der Waals surface area contributed by atoms with Gasteiger partial charge in [0.1, 0.15) is 0 Å². The predicted molar refractivity (Wildman–Crippen MR) is 76.7 cm³/mol. The number of nitrogens with zero attached hydrogens (tertiary/aromatic N) is 1. The fourth-order valence-electron chi connectivity index (χ4n) is 5.59. The SMILES string of the molecule is CC1(C)CN(C2C3(C)CCC(C3)C2(C)C)CCN1. The summed E-state index contributed by atoms with van der Waals surface area (Å²) in [6.45, 7) is 15.9. The van der Waals surface area contributed by atoms with Crippen LogP contribution in [0.4, 0.5) is 0 Å². The van der Waals surface area contributed by atoms with Crippen molar-refractivity contribution in [1.82, 2.24) is 10.2 Å². The van der Waals surface area contributed by atoms with Crippen LogP contribution in [0.5, 0.6) is 0 Å². The molecule has 3 aliphatic rings. The summed E-state index contributed by atoms with van der Waals surface area (Å²) in [7, 11) is 0. The molecule has 0 radical (unpaired) electrons. The van der Waals surface area contributed by atoms with Gasteiger partial charge >= 0.3 is 0 Å². The van der Waals surface area contributed by atoms with Crippen molar-refractivity contribution in [3.63, 3.8) is 0 Å². The van der Waals surface area contributed by atoms with Crippen molar-refractivity contribution in [3.05, 3.63) is 0 Å². The lowest BCUT2D eigenvalue weighted by atomic mass is 9.67. The van der Waals surface area contributed by atoms with Gasteiger partial charge in [0.2, 0.25) is 0 Å². The van der Waals surface area contributed by atoms with Crippen LogP contribution in [0.3, 0.4) is 0 Å². The van der Waals surface area contributed by atoms with Crippen molar-refractivity contribution in [1.29, 1.82) is 0 Å². The van der Waals surface area contributed by atoms with Gasteiger partial charge in [-0.15, -0.1) is 0 Å². The highest BCUT2D eigenvalue weighted by Gasteiger charge is 2.61. The minimum atomic E-state index is 0.284. The monoisotopic (exact) mass is 250 g/mol. The van der Waals surface area contributed by atoms with Crippen molar-refractivity contribution < 1.29 is 0 Å². The maximum atomic E-state index is 3.65. The summed E-state index contributed by atoms with van der Waals surface area (Å²) in [5, 5.41) is 3.65. The van der Waals surface area contributed by atoms with Gasteiger partial charge in [0.05, 0.1) is 0 Å². The fourth-order valence-corrected chi connectivity index (χ4v) is 5.59. The number of rotatable bonds is 1. The third-order valence-corrected chi connectivity index (χ3v) is 6.16. The van der Waals surface area contributed by atoms with E-state index in [9.17, 15) is 0 Å². The van der Waals surface area contributed by atoms with Gasteiger partial charge < -0.3 is 5.32 Å². The van der Waals surface area contributed by atoms with Crippen LogP contribution in [0.1, 0.15) is 53.9 Å².